The Hall–Kier alpha value is -4.96. The Bertz CT molecular complexity index is 1810. The van der Waals surface area contributed by atoms with Crippen LogP contribution in [0.1, 0.15) is 29.0 Å². The van der Waals surface area contributed by atoms with Crippen LogP contribution in [0.15, 0.2) is 91.5 Å². The first-order valence-corrected chi connectivity index (χ1v) is 15.9. The summed E-state index contributed by atoms with van der Waals surface area (Å²) in [6.45, 7) is 1.71. The van der Waals surface area contributed by atoms with Gasteiger partial charge < -0.3 is 40.5 Å². The zero-order chi connectivity index (χ0) is 34.2. The van der Waals surface area contributed by atoms with E-state index in [1.165, 1.54) is 17.2 Å². The number of fused-ring (bicyclic) bond motifs is 1. The largest absolute Gasteiger partial charge is 0.487 e. The third-order valence-corrected chi connectivity index (χ3v) is 8.39. The number of imidazole rings is 1. The highest BCUT2D eigenvalue weighted by atomic mass is 16.6. The predicted octanol–water partition coefficient (Wildman–Crippen LogP) is 2.23. The van der Waals surface area contributed by atoms with Crippen molar-refractivity contribution in [2.24, 2.45) is 0 Å². The zero-order valence-corrected chi connectivity index (χ0v) is 26.6. The summed E-state index contributed by atoms with van der Waals surface area (Å²) < 4.78 is 13.1. The highest BCUT2D eigenvalue weighted by Crippen LogP contribution is 2.32. The summed E-state index contributed by atoms with van der Waals surface area (Å²) in [5.74, 6) is 0.959. The second-order valence-electron chi connectivity index (χ2n) is 11.7. The molecule has 5 atom stereocenters. The number of carbonyl (C=O) groups excluding carboxylic acids is 1. The number of rotatable bonds is 16. The van der Waals surface area contributed by atoms with Gasteiger partial charge >= 0.3 is 0 Å². The highest BCUT2D eigenvalue weighted by molar-refractivity contribution is 5.82. The van der Waals surface area contributed by atoms with Gasteiger partial charge in [-0.2, -0.15) is 0 Å². The second kappa shape index (κ2) is 16.0. The van der Waals surface area contributed by atoms with Crippen LogP contribution in [0.5, 0.6) is 5.75 Å². The van der Waals surface area contributed by atoms with E-state index in [4.69, 9.17) is 9.47 Å². The number of carbonyl (C=O) groups is 1. The van der Waals surface area contributed by atoms with Crippen molar-refractivity contribution in [3.05, 3.63) is 108 Å². The molecule has 0 aliphatic carbocycles. The lowest BCUT2D eigenvalue weighted by Crippen LogP contribution is -2.33. The van der Waals surface area contributed by atoms with Crippen molar-refractivity contribution in [2.75, 3.05) is 36.9 Å². The van der Waals surface area contributed by atoms with Crippen LogP contribution < -0.4 is 15.4 Å². The van der Waals surface area contributed by atoms with Gasteiger partial charge in [0.05, 0.1) is 24.7 Å². The summed E-state index contributed by atoms with van der Waals surface area (Å²) in [7, 11) is 0. The van der Waals surface area contributed by atoms with Gasteiger partial charge in [0, 0.05) is 26.2 Å². The first kappa shape index (κ1) is 33.9. The van der Waals surface area contributed by atoms with Crippen LogP contribution in [0.25, 0.3) is 11.2 Å². The second-order valence-corrected chi connectivity index (χ2v) is 11.7. The number of aromatic nitrogens is 4. The van der Waals surface area contributed by atoms with E-state index in [1.54, 1.807) is 18.2 Å². The van der Waals surface area contributed by atoms with E-state index in [1.807, 2.05) is 60.7 Å². The van der Waals surface area contributed by atoms with Crippen LogP contribution in [0, 0.1) is 0 Å². The van der Waals surface area contributed by atoms with Crippen molar-refractivity contribution in [1.29, 1.82) is 0 Å². The summed E-state index contributed by atoms with van der Waals surface area (Å²) in [6.07, 6.45) is -1.91. The van der Waals surface area contributed by atoms with E-state index in [0.717, 1.165) is 11.1 Å². The zero-order valence-electron chi connectivity index (χ0n) is 26.6. The Morgan fingerprint density at radius 2 is 1.73 bits per heavy atom. The molecule has 0 radical (unpaired) electrons. The molecule has 49 heavy (non-hydrogen) atoms. The van der Waals surface area contributed by atoms with Crippen molar-refractivity contribution in [2.45, 2.75) is 43.8 Å². The molecule has 6 rings (SSSR count). The minimum Gasteiger partial charge on any atom is -0.487 e. The van der Waals surface area contributed by atoms with Crippen molar-refractivity contribution in [1.82, 2.24) is 24.4 Å². The normalized spacial score (nSPS) is 19.6. The van der Waals surface area contributed by atoms with Gasteiger partial charge in [-0.25, -0.2) is 15.0 Å². The summed E-state index contributed by atoms with van der Waals surface area (Å²) in [4.78, 5) is 26.6. The quantitative estimate of drug-likeness (QED) is 0.0843. The lowest BCUT2D eigenvalue weighted by molar-refractivity contribution is -0.105. The number of nitrogens with one attached hydrogen (secondary N) is 2. The van der Waals surface area contributed by atoms with Crippen LogP contribution >= 0.6 is 0 Å². The van der Waals surface area contributed by atoms with Gasteiger partial charge in [0.25, 0.3) is 0 Å². The number of hydrogen-bond acceptors (Lipinski definition) is 12. The first-order valence-electron chi connectivity index (χ1n) is 15.9. The summed E-state index contributed by atoms with van der Waals surface area (Å²) in [6, 6.07) is 24.9. The standard InChI is InChI=1S/C35H39N7O7/c43-18-29-31(46)32(47)35(49-29)42-21-39-30-33(37-20-38-34(30)42)36-13-14-41(16-23-7-3-1-4-8-23)17-27(45)25-11-12-28(26(15-25)40-22-44)48-19-24-9-5-2-6-10-24/h1-12,15,20-22,27,29,31-32,35,43,45-47H,13-14,16-19H2,(H,40,44)(H,36,37,38)/t27?,29-,31-,32-,35-/m1/s1. The summed E-state index contributed by atoms with van der Waals surface area (Å²) in [5.41, 5.74) is 3.98. The van der Waals surface area contributed by atoms with Crippen LogP contribution in [0.3, 0.4) is 0 Å². The number of hydrogen-bond donors (Lipinski definition) is 6. The molecular weight excluding hydrogens is 630 g/mol. The van der Waals surface area contributed by atoms with Crippen molar-refractivity contribution in [3.8, 4) is 5.75 Å². The van der Waals surface area contributed by atoms with Gasteiger partial charge in [0.2, 0.25) is 6.41 Å². The van der Waals surface area contributed by atoms with Crippen LogP contribution in [-0.2, 0) is 22.7 Å². The molecule has 0 saturated carbocycles. The fourth-order valence-electron chi connectivity index (χ4n) is 5.83. The minimum atomic E-state index is -1.28. The Morgan fingerprint density at radius 1 is 0.980 bits per heavy atom. The Morgan fingerprint density at radius 3 is 2.45 bits per heavy atom. The molecule has 1 saturated heterocycles. The molecular formula is C35H39N7O7. The van der Waals surface area contributed by atoms with Gasteiger partial charge in [0.1, 0.15) is 37.0 Å². The molecule has 1 amide bonds. The maximum atomic E-state index is 11.4. The Labute approximate surface area is 282 Å². The maximum absolute atomic E-state index is 11.4. The number of ether oxygens (including phenoxy) is 2. The number of amides is 1. The maximum Gasteiger partial charge on any atom is 0.211 e. The lowest BCUT2D eigenvalue weighted by Gasteiger charge is -2.26. The molecule has 14 heteroatoms. The van der Waals surface area contributed by atoms with Gasteiger partial charge in [-0.1, -0.05) is 66.7 Å². The van der Waals surface area contributed by atoms with E-state index >= 15 is 0 Å². The third-order valence-electron chi connectivity index (χ3n) is 8.39. The van der Waals surface area contributed by atoms with Crippen LogP contribution in [0.4, 0.5) is 11.5 Å². The number of anilines is 2. The van der Waals surface area contributed by atoms with Gasteiger partial charge in [-0.05, 0) is 28.8 Å². The van der Waals surface area contributed by atoms with Gasteiger partial charge in [-0.3, -0.25) is 14.3 Å². The minimum absolute atomic E-state index is 0.292. The first-order chi connectivity index (χ1) is 23.9. The highest BCUT2D eigenvalue weighted by Gasteiger charge is 2.44. The molecule has 2 aromatic heterocycles. The van der Waals surface area contributed by atoms with E-state index in [9.17, 15) is 25.2 Å². The van der Waals surface area contributed by atoms with E-state index in [0.29, 0.717) is 73.2 Å². The fourth-order valence-corrected chi connectivity index (χ4v) is 5.83. The van der Waals surface area contributed by atoms with Crippen LogP contribution in [-0.4, -0.2) is 95.8 Å². The monoisotopic (exact) mass is 669 g/mol. The molecule has 1 fully saturated rings. The molecule has 14 nitrogen and oxygen atoms in total. The van der Waals surface area contributed by atoms with Gasteiger partial charge in [0.15, 0.2) is 23.2 Å². The number of benzene rings is 3. The number of aliphatic hydroxyl groups is 4. The molecule has 3 heterocycles. The van der Waals surface area contributed by atoms with Gasteiger partial charge in [-0.15, -0.1) is 0 Å². The molecule has 6 N–H and O–H groups in total. The smallest absolute Gasteiger partial charge is 0.211 e. The topological polar surface area (TPSA) is 187 Å². The molecule has 256 valence electrons. The van der Waals surface area contributed by atoms with Crippen molar-refractivity contribution in [3.63, 3.8) is 0 Å². The SMILES string of the molecule is O=CNc1cc(C(O)CN(CCNc2ncnc3c2ncn3[C@@H]2O[C@H](CO)[C@@H](O)[C@H]2O)Cc2ccccc2)ccc1OCc1ccccc1. The average Bonchev–Trinajstić information content (AvgIpc) is 3.68. The molecule has 3 aromatic carbocycles. The summed E-state index contributed by atoms with van der Waals surface area (Å²) >= 11 is 0. The molecule has 0 spiro atoms. The lowest BCUT2D eigenvalue weighted by atomic mass is 10.1. The Kier molecular flexibility index (Phi) is 11.0. The van der Waals surface area contributed by atoms with E-state index in [-0.39, 0.29) is 0 Å². The summed E-state index contributed by atoms with van der Waals surface area (Å²) in [5, 5.41) is 47.6. The fraction of sp³-hybridized carbons (Fsp3) is 0.314. The average molecular weight is 670 g/mol. The van der Waals surface area contributed by atoms with Crippen LogP contribution in [0.2, 0.25) is 0 Å². The molecule has 1 aliphatic heterocycles. The predicted molar refractivity (Wildman–Crippen MR) is 180 cm³/mol. The number of aliphatic hydroxyl groups excluding tert-OH is 4. The van der Waals surface area contributed by atoms with Crippen molar-refractivity contribution < 1.29 is 34.7 Å². The molecule has 1 aliphatic rings. The van der Waals surface area contributed by atoms with E-state index < -0.39 is 37.3 Å². The Balaban J connectivity index is 1.14. The van der Waals surface area contributed by atoms with Crippen molar-refractivity contribution >= 4 is 29.1 Å². The van der Waals surface area contributed by atoms with E-state index in [2.05, 4.69) is 30.5 Å². The molecule has 1 unspecified atom stereocenters. The third kappa shape index (κ3) is 8.03. The molecule has 0 bridgehead atoms. The molecule has 5 aromatic rings. The number of nitrogens with zero attached hydrogens (tertiary/aromatic N) is 5.